The number of nitrogens with one attached hydrogen (secondary N) is 1. The molecule has 0 saturated heterocycles. The highest BCUT2D eigenvalue weighted by atomic mass is 15.1. The van der Waals surface area contributed by atoms with E-state index in [0.29, 0.717) is 5.69 Å². The van der Waals surface area contributed by atoms with Gasteiger partial charge in [0.15, 0.2) is 0 Å². The van der Waals surface area contributed by atoms with Crippen LogP contribution in [0.1, 0.15) is 27.9 Å². The average Bonchev–Trinajstić information content (AvgIpc) is 3.15. The van der Waals surface area contributed by atoms with Crippen LogP contribution in [0.2, 0.25) is 0 Å². The van der Waals surface area contributed by atoms with Crippen LogP contribution in [0.25, 0.3) is 12.2 Å². The quantitative estimate of drug-likeness (QED) is 0.856. The van der Waals surface area contributed by atoms with Gasteiger partial charge in [-0.25, -0.2) is 0 Å². The van der Waals surface area contributed by atoms with Crippen LogP contribution in [-0.2, 0) is 0 Å². The second-order valence-corrected chi connectivity index (χ2v) is 5.28. The van der Waals surface area contributed by atoms with Crippen LogP contribution in [0.4, 0.5) is 5.69 Å². The molecule has 24 heavy (non-hydrogen) atoms. The first kappa shape index (κ1) is 15.6. The van der Waals surface area contributed by atoms with Crippen LogP contribution in [-0.4, -0.2) is 23.9 Å². The second kappa shape index (κ2) is 6.84. The van der Waals surface area contributed by atoms with Gasteiger partial charge in [0.2, 0.25) is 0 Å². The minimum absolute atomic E-state index is 0.532. The summed E-state index contributed by atoms with van der Waals surface area (Å²) in [5.74, 6) is 7.22. The van der Waals surface area contributed by atoms with Crippen molar-refractivity contribution in [2.75, 3.05) is 18.8 Å². The minimum Gasteiger partial charge on any atom is -0.396 e. The molecule has 1 aromatic carbocycles. The predicted octanol–water partition coefficient (Wildman–Crippen LogP) is 2.70. The summed E-state index contributed by atoms with van der Waals surface area (Å²) in [4.78, 5) is 8.64. The number of aliphatic imine (C=N–C) groups is 1. The number of nitrogen functional groups attached to an aromatic ring is 1. The normalized spacial score (nSPS) is 12.6. The van der Waals surface area contributed by atoms with Crippen molar-refractivity contribution in [1.82, 2.24) is 10.3 Å². The molecule has 0 saturated carbocycles. The SMILES string of the molecule is C=Cc1ncc(N)c(C#Cc2ccc(C3=NCCN3)cc2)c1C=C. The van der Waals surface area contributed by atoms with E-state index in [9.17, 15) is 0 Å². The third-order valence-electron chi connectivity index (χ3n) is 3.74. The second-order valence-electron chi connectivity index (χ2n) is 5.28. The molecule has 2 aromatic rings. The molecule has 0 aliphatic carbocycles. The van der Waals surface area contributed by atoms with Crippen molar-refractivity contribution in [1.29, 1.82) is 0 Å². The number of nitrogens with two attached hydrogens (primary N) is 1. The first-order valence-corrected chi connectivity index (χ1v) is 7.67. The number of hydrogen-bond donors (Lipinski definition) is 2. The highest BCUT2D eigenvalue weighted by Crippen LogP contribution is 2.20. The van der Waals surface area contributed by atoms with E-state index >= 15 is 0 Å². The highest BCUT2D eigenvalue weighted by molar-refractivity contribution is 5.99. The van der Waals surface area contributed by atoms with Gasteiger partial charge in [-0.2, -0.15) is 0 Å². The summed E-state index contributed by atoms with van der Waals surface area (Å²) in [6.07, 6.45) is 4.98. The predicted molar refractivity (Wildman–Crippen MR) is 101 cm³/mol. The maximum atomic E-state index is 6.02. The molecule has 1 aliphatic heterocycles. The summed E-state index contributed by atoms with van der Waals surface area (Å²) < 4.78 is 0. The number of pyridine rings is 1. The molecule has 3 N–H and O–H groups in total. The highest BCUT2D eigenvalue weighted by Gasteiger charge is 2.08. The van der Waals surface area contributed by atoms with Crippen LogP contribution in [0, 0.1) is 11.8 Å². The number of amidine groups is 1. The number of hydrogen-bond acceptors (Lipinski definition) is 4. The molecule has 0 unspecified atom stereocenters. The Hall–Kier alpha value is -3.32. The Morgan fingerprint density at radius 1 is 1.12 bits per heavy atom. The van der Waals surface area contributed by atoms with E-state index in [-0.39, 0.29) is 0 Å². The number of rotatable bonds is 3. The lowest BCUT2D eigenvalue weighted by Gasteiger charge is -2.06. The third kappa shape index (κ3) is 3.06. The minimum atomic E-state index is 0.532. The average molecular weight is 314 g/mol. The third-order valence-corrected chi connectivity index (χ3v) is 3.74. The zero-order chi connectivity index (χ0) is 16.9. The van der Waals surface area contributed by atoms with E-state index < -0.39 is 0 Å². The first-order valence-electron chi connectivity index (χ1n) is 7.67. The largest absolute Gasteiger partial charge is 0.396 e. The molecule has 0 amide bonds. The van der Waals surface area contributed by atoms with Gasteiger partial charge in [-0.15, -0.1) is 0 Å². The zero-order valence-electron chi connectivity index (χ0n) is 13.3. The van der Waals surface area contributed by atoms with E-state index in [1.807, 2.05) is 24.3 Å². The van der Waals surface area contributed by atoms with E-state index in [0.717, 1.165) is 46.9 Å². The topological polar surface area (TPSA) is 63.3 Å². The van der Waals surface area contributed by atoms with Gasteiger partial charge in [0.1, 0.15) is 5.84 Å². The number of nitrogens with zero attached hydrogens (tertiary/aromatic N) is 2. The summed E-state index contributed by atoms with van der Waals surface area (Å²) in [5.41, 5.74) is 10.8. The molecule has 1 aliphatic rings. The van der Waals surface area contributed by atoms with Gasteiger partial charge in [-0.05, 0) is 18.2 Å². The molecule has 2 heterocycles. The molecule has 4 nitrogen and oxygen atoms in total. The van der Waals surface area contributed by atoms with E-state index in [1.165, 1.54) is 0 Å². The summed E-state index contributed by atoms with van der Waals surface area (Å²) in [7, 11) is 0. The summed E-state index contributed by atoms with van der Waals surface area (Å²) >= 11 is 0. The molecule has 0 radical (unpaired) electrons. The maximum absolute atomic E-state index is 6.02. The van der Waals surface area contributed by atoms with E-state index in [4.69, 9.17) is 5.73 Å². The smallest absolute Gasteiger partial charge is 0.128 e. The van der Waals surface area contributed by atoms with Crippen molar-refractivity contribution < 1.29 is 0 Å². The fourth-order valence-corrected chi connectivity index (χ4v) is 2.50. The van der Waals surface area contributed by atoms with Crippen molar-refractivity contribution in [3.63, 3.8) is 0 Å². The Balaban J connectivity index is 1.93. The van der Waals surface area contributed by atoms with Crippen molar-refractivity contribution in [2.24, 2.45) is 4.99 Å². The lowest BCUT2D eigenvalue weighted by molar-refractivity contribution is 0.960. The fraction of sp³-hybridized carbons (Fsp3) is 0.100. The molecule has 0 atom stereocenters. The van der Waals surface area contributed by atoms with Gasteiger partial charge in [0, 0.05) is 23.2 Å². The molecule has 0 bridgehead atoms. The molecule has 118 valence electrons. The zero-order valence-corrected chi connectivity index (χ0v) is 13.3. The van der Waals surface area contributed by atoms with E-state index in [1.54, 1.807) is 18.3 Å². The van der Waals surface area contributed by atoms with Crippen molar-refractivity contribution in [2.45, 2.75) is 0 Å². The van der Waals surface area contributed by atoms with Gasteiger partial charge in [0.05, 0.1) is 29.7 Å². The van der Waals surface area contributed by atoms with Gasteiger partial charge < -0.3 is 11.1 Å². The number of aromatic nitrogens is 1. The van der Waals surface area contributed by atoms with Crippen molar-refractivity contribution in [3.8, 4) is 11.8 Å². The lowest BCUT2D eigenvalue weighted by atomic mass is 10.0. The van der Waals surface area contributed by atoms with Gasteiger partial charge in [-0.1, -0.05) is 43.2 Å². The van der Waals surface area contributed by atoms with Gasteiger partial charge >= 0.3 is 0 Å². The summed E-state index contributed by atoms with van der Waals surface area (Å²) in [5, 5.41) is 3.26. The molecule has 4 heteroatoms. The number of benzene rings is 1. The Bertz CT molecular complexity index is 880. The van der Waals surface area contributed by atoms with Gasteiger partial charge in [-0.3, -0.25) is 9.98 Å². The fourth-order valence-electron chi connectivity index (χ4n) is 2.50. The summed E-state index contributed by atoms with van der Waals surface area (Å²) in [6.45, 7) is 9.30. The van der Waals surface area contributed by atoms with Crippen LogP contribution in [0.3, 0.4) is 0 Å². The molecular weight excluding hydrogens is 296 g/mol. The molecule has 0 fully saturated rings. The van der Waals surface area contributed by atoms with Crippen molar-refractivity contribution >= 4 is 23.7 Å². The Morgan fingerprint density at radius 3 is 2.54 bits per heavy atom. The lowest BCUT2D eigenvalue weighted by Crippen LogP contribution is -2.19. The molecular formula is C20H18N4. The summed E-state index contributed by atoms with van der Waals surface area (Å²) in [6, 6.07) is 7.98. The van der Waals surface area contributed by atoms with Crippen LogP contribution < -0.4 is 11.1 Å². The Morgan fingerprint density at radius 2 is 1.92 bits per heavy atom. The molecule has 0 spiro atoms. The van der Waals surface area contributed by atoms with Crippen LogP contribution in [0.5, 0.6) is 0 Å². The van der Waals surface area contributed by atoms with Gasteiger partial charge in [0.25, 0.3) is 0 Å². The van der Waals surface area contributed by atoms with Crippen LogP contribution in [0.15, 0.2) is 48.6 Å². The number of anilines is 1. The van der Waals surface area contributed by atoms with E-state index in [2.05, 4.69) is 40.3 Å². The Labute approximate surface area is 141 Å². The standard InChI is InChI=1S/C20H18N4/c1-3-16-17(18(21)13-24-19(16)4-2)10-7-14-5-8-15(9-6-14)20-22-11-12-23-20/h3-6,8-9,13H,1-2,11-12,21H2,(H,22,23). The molecule has 3 rings (SSSR count). The van der Waals surface area contributed by atoms with Crippen LogP contribution >= 0.6 is 0 Å². The van der Waals surface area contributed by atoms with Crippen molar-refractivity contribution in [3.05, 3.63) is 71.6 Å². The Kier molecular flexibility index (Phi) is 4.44. The monoisotopic (exact) mass is 314 g/mol. The molecule has 1 aromatic heterocycles. The first-order chi connectivity index (χ1) is 11.7. The maximum Gasteiger partial charge on any atom is 0.128 e.